The largest absolute Gasteiger partial charge is 0.459 e. The summed E-state index contributed by atoms with van der Waals surface area (Å²) in [5.41, 5.74) is 0.695. The van der Waals surface area contributed by atoms with Gasteiger partial charge in [0.15, 0.2) is 0 Å². The standard InChI is InChI=1S/C15H15Cl2NO3S/c1-15-5-4-13(19)18(15)12(8-22-15)14(20)21-7-9-2-3-10(16)6-11(9)17/h2-3,6,12H,4-5,7-8H2,1H3/t12-,15-/m0/s1. The summed E-state index contributed by atoms with van der Waals surface area (Å²) in [5, 5.41) is 0.994. The van der Waals surface area contributed by atoms with Crippen molar-refractivity contribution >= 4 is 46.8 Å². The van der Waals surface area contributed by atoms with Crippen LogP contribution >= 0.6 is 35.0 Å². The van der Waals surface area contributed by atoms with Crippen LogP contribution in [0.2, 0.25) is 10.0 Å². The molecule has 3 rings (SSSR count). The predicted molar refractivity (Wildman–Crippen MR) is 87.0 cm³/mol. The van der Waals surface area contributed by atoms with Crippen LogP contribution in [0.3, 0.4) is 0 Å². The number of hydrogen-bond donors (Lipinski definition) is 0. The van der Waals surface area contributed by atoms with Gasteiger partial charge < -0.3 is 9.64 Å². The Kier molecular flexibility index (Phi) is 4.32. The molecule has 2 saturated heterocycles. The summed E-state index contributed by atoms with van der Waals surface area (Å²) < 4.78 is 5.36. The highest BCUT2D eigenvalue weighted by Crippen LogP contribution is 2.47. The fourth-order valence-electron chi connectivity index (χ4n) is 2.88. The summed E-state index contributed by atoms with van der Waals surface area (Å²) in [6.45, 7) is 2.08. The van der Waals surface area contributed by atoms with Crippen molar-refractivity contribution < 1.29 is 14.3 Å². The van der Waals surface area contributed by atoms with E-state index in [2.05, 4.69) is 0 Å². The van der Waals surface area contributed by atoms with E-state index in [0.717, 1.165) is 6.42 Å². The summed E-state index contributed by atoms with van der Waals surface area (Å²) >= 11 is 13.5. The highest BCUT2D eigenvalue weighted by atomic mass is 35.5. The number of hydrogen-bond acceptors (Lipinski definition) is 4. The minimum absolute atomic E-state index is 0.0268. The number of rotatable bonds is 3. The summed E-state index contributed by atoms with van der Waals surface area (Å²) in [4.78, 5) is 25.8. The average Bonchev–Trinajstić information content (AvgIpc) is 2.95. The lowest BCUT2D eigenvalue weighted by molar-refractivity contribution is -0.154. The van der Waals surface area contributed by atoms with Crippen molar-refractivity contribution in [1.82, 2.24) is 4.90 Å². The van der Waals surface area contributed by atoms with E-state index in [1.807, 2.05) is 6.92 Å². The van der Waals surface area contributed by atoms with Gasteiger partial charge in [-0.05, 0) is 25.5 Å². The molecule has 2 heterocycles. The molecule has 0 radical (unpaired) electrons. The van der Waals surface area contributed by atoms with Crippen molar-refractivity contribution in [3.8, 4) is 0 Å². The number of nitrogens with zero attached hydrogens (tertiary/aromatic N) is 1. The quantitative estimate of drug-likeness (QED) is 0.775. The van der Waals surface area contributed by atoms with Crippen LogP contribution in [0, 0.1) is 0 Å². The average molecular weight is 360 g/mol. The van der Waals surface area contributed by atoms with Gasteiger partial charge in [0.1, 0.15) is 12.6 Å². The maximum absolute atomic E-state index is 12.3. The lowest BCUT2D eigenvalue weighted by Gasteiger charge is -2.29. The molecule has 0 bridgehead atoms. The van der Waals surface area contributed by atoms with Gasteiger partial charge in [0.25, 0.3) is 0 Å². The Labute approximate surface area is 143 Å². The molecule has 2 aliphatic rings. The van der Waals surface area contributed by atoms with Crippen LogP contribution in [0.5, 0.6) is 0 Å². The van der Waals surface area contributed by atoms with E-state index in [1.165, 1.54) is 0 Å². The molecule has 0 N–H and O–H groups in total. The molecule has 0 saturated carbocycles. The highest BCUT2D eigenvalue weighted by Gasteiger charge is 2.53. The molecular weight excluding hydrogens is 345 g/mol. The molecule has 118 valence electrons. The second-order valence-electron chi connectivity index (χ2n) is 5.61. The molecule has 1 amide bonds. The number of esters is 1. The number of fused-ring (bicyclic) bond motifs is 1. The van der Waals surface area contributed by atoms with E-state index in [-0.39, 0.29) is 23.4 Å². The molecule has 2 aliphatic heterocycles. The number of carbonyl (C=O) groups is 2. The molecule has 0 aromatic heterocycles. The fraction of sp³-hybridized carbons (Fsp3) is 0.467. The van der Waals surface area contributed by atoms with Gasteiger partial charge in [-0.15, -0.1) is 11.8 Å². The monoisotopic (exact) mass is 359 g/mol. The maximum atomic E-state index is 12.3. The van der Waals surface area contributed by atoms with Crippen molar-refractivity contribution in [2.45, 2.75) is 37.3 Å². The maximum Gasteiger partial charge on any atom is 0.330 e. The molecular formula is C15H15Cl2NO3S. The van der Waals surface area contributed by atoms with Crippen molar-refractivity contribution in [2.24, 2.45) is 0 Å². The van der Waals surface area contributed by atoms with Gasteiger partial charge in [-0.3, -0.25) is 4.79 Å². The van der Waals surface area contributed by atoms with Crippen LogP contribution in [-0.2, 0) is 20.9 Å². The second kappa shape index (κ2) is 5.95. The van der Waals surface area contributed by atoms with Gasteiger partial charge in [-0.2, -0.15) is 0 Å². The first-order valence-corrected chi connectivity index (χ1v) is 8.71. The molecule has 7 heteroatoms. The number of thioether (sulfide) groups is 1. The molecule has 0 aliphatic carbocycles. The Bertz CT molecular complexity index is 639. The highest BCUT2D eigenvalue weighted by molar-refractivity contribution is 8.01. The first-order valence-electron chi connectivity index (χ1n) is 6.97. The van der Waals surface area contributed by atoms with Crippen LogP contribution in [0.25, 0.3) is 0 Å². The van der Waals surface area contributed by atoms with E-state index < -0.39 is 6.04 Å². The first kappa shape index (κ1) is 16.0. The van der Waals surface area contributed by atoms with Crippen molar-refractivity contribution in [3.63, 3.8) is 0 Å². The number of ether oxygens (including phenoxy) is 1. The van der Waals surface area contributed by atoms with Crippen LogP contribution < -0.4 is 0 Å². The van der Waals surface area contributed by atoms with Crippen molar-refractivity contribution in [1.29, 1.82) is 0 Å². The third kappa shape index (κ3) is 2.82. The first-order chi connectivity index (χ1) is 10.4. The Balaban J connectivity index is 1.66. The van der Waals surface area contributed by atoms with E-state index in [0.29, 0.717) is 27.8 Å². The molecule has 2 atom stereocenters. The van der Waals surface area contributed by atoms with Gasteiger partial charge in [0.05, 0.1) is 4.87 Å². The number of amides is 1. The topological polar surface area (TPSA) is 46.6 Å². The molecule has 1 aromatic carbocycles. The van der Waals surface area contributed by atoms with Crippen molar-refractivity contribution in [3.05, 3.63) is 33.8 Å². The molecule has 0 spiro atoms. The van der Waals surface area contributed by atoms with Crippen LogP contribution in [0.15, 0.2) is 18.2 Å². The number of carbonyl (C=O) groups excluding carboxylic acids is 2. The molecule has 0 unspecified atom stereocenters. The van der Waals surface area contributed by atoms with Crippen LogP contribution in [-0.4, -0.2) is 33.4 Å². The minimum atomic E-state index is -0.504. The van der Waals surface area contributed by atoms with Gasteiger partial charge in [0.2, 0.25) is 5.91 Å². The third-order valence-corrected chi connectivity index (χ3v) is 6.19. The normalized spacial score (nSPS) is 27.1. The number of halogens is 2. The summed E-state index contributed by atoms with van der Waals surface area (Å²) in [6.07, 6.45) is 1.28. The van der Waals surface area contributed by atoms with Crippen LogP contribution in [0.4, 0.5) is 0 Å². The third-order valence-electron chi connectivity index (χ3n) is 4.10. The summed E-state index contributed by atoms with van der Waals surface area (Å²) in [5.74, 6) is 0.228. The SMILES string of the molecule is C[C@]12CCC(=O)N1[C@H](C(=O)OCc1ccc(Cl)cc1Cl)CS2. The van der Waals surface area contributed by atoms with E-state index in [9.17, 15) is 9.59 Å². The molecule has 2 fully saturated rings. The second-order valence-corrected chi connectivity index (χ2v) is 7.95. The predicted octanol–water partition coefficient (Wildman–Crippen LogP) is 3.49. The fourth-order valence-corrected chi connectivity index (χ4v) is 4.76. The van der Waals surface area contributed by atoms with Gasteiger partial charge >= 0.3 is 5.97 Å². The Morgan fingerprint density at radius 2 is 2.27 bits per heavy atom. The zero-order chi connectivity index (χ0) is 15.9. The molecule has 22 heavy (non-hydrogen) atoms. The Morgan fingerprint density at radius 3 is 3.00 bits per heavy atom. The van der Waals surface area contributed by atoms with Gasteiger partial charge in [-0.25, -0.2) is 4.79 Å². The minimum Gasteiger partial charge on any atom is -0.459 e. The lowest BCUT2D eigenvalue weighted by atomic mass is 10.2. The Hall–Kier alpha value is -0.910. The van der Waals surface area contributed by atoms with Crippen LogP contribution in [0.1, 0.15) is 25.3 Å². The van der Waals surface area contributed by atoms with Gasteiger partial charge in [-0.1, -0.05) is 29.3 Å². The van der Waals surface area contributed by atoms with Crippen molar-refractivity contribution in [2.75, 3.05) is 5.75 Å². The molecule has 4 nitrogen and oxygen atoms in total. The van der Waals surface area contributed by atoms with Gasteiger partial charge in [0, 0.05) is 27.8 Å². The number of benzene rings is 1. The Morgan fingerprint density at radius 1 is 1.50 bits per heavy atom. The zero-order valence-electron chi connectivity index (χ0n) is 12.0. The lowest BCUT2D eigenvalue weighted by Crippen LogP contribution is -2.46. The van der Waals surface area contributed by atoms with E-state index in [4.69, 9.17) is 27.9 Å². The summed E-state index contributed by atoms with van der Waals surface area (Å²) in [6, 6.07) is 4.53. The van der Waals surface area contributed by atoms with E-state index in [1.54, 1.807) is 34.9 Å². The van der Waals surface area contributed by atoms with E-state index >= 15 is 0 Å². The molecule has 1 aromatic rings. The summed E-state index contributed by atoms with van der Waals surface area (Å²) in [7, 11) is 0. The smallest absolute Gasteiger partial charge is 0.330 e. The zero-order valence-corrected chi connectivity index (χ0v) is 14.3.